The number of nitrogens with zero attached hydrogens (tertiary/aromatic N) is 1. The first-order chi connectivity index (χ1) is 9.13. The molecule has 0 fully saturated rings. The van der Waals surface area contributed by atoms with Gasteiger partial charge >= 0.3 is 5.97 Å². The fraction of sp³-hybridized carbons (Fsp3) is 0.231. The van der Waals surface area contributed by atoms with E-state index in [4.69, 9.17) is 9.47 Å². The molecule has 6 heteroatoms. The Morgan fingerprint density at radius 3 is 2.63 bits per heavy atom. The Morgan fingerprint density at radius 1 is 1.37 bits per heavy atom. The predicted octanol–water partition coefficient (Wildman–Crippen LogP) is 2.80. The first-order valence-electron chi connectivity index (χ1n) is 5.55. The standard InChI is InChI=1S/C13H13NO4S/c1-8-11(13(15)16)12(19-14-8)9-3-5-10(6-4-9)18-7-17-2/h3-6H,7H2,1-2H3,(H,15,16). The van der Waals surface area contributed by atoms with Crippen molar-refractivity contribution in [1.82, 2.24) is 4.37 Å². The third kappa shape index (κ3) is 2.91. The van der Waals surface area contributed by atoms with Crippen LogP contribution in [0.1, 0.15) is 16.1 Å². The van der Waals surface area contributed by atoms with Crippen molar-refractivity contribution in [2.45, 2.75) is 6.92 Å². The van der Waals surface area contributed by atoms with Crippen LogP contribution in [0, 0.1) is 6.92 Å². The van der Waals surface area contributed by atoms with Gasteiger partial charge in [0.2, 0.25) is 0 Å². The summed E-state index contributed by atoms with van der Waals surface area (Å²) >= 11 is 1.18. The molecule has 1 aromatic carbocycles. The molecule has 0 radical (unpaired) electrons. The van der Waals surface area contributed by atoms with Gasteiger partial charge in [-0.25, -0.2) is 4.79 Å². The van der Waals surface area contributed by atoms with Crippen molar-refractivity contribution >= 4 is 17.5 Å². The van der Waals surface area contributed by atoms with Crippen molar-refractivity contribution in [2.24, 2.45) is 0 Å². The highest BCUT2D eigenvalue weighted by atomic mass is 32.1. The van der Waals surface area contributed by atoms with E-state index in [1.54, 1.807) is 26.2 Å². The molecule has 0 atom stereocenters. The van der Waals surface area contributed by atoms with Gasteiger partial charge in [0, 0.05) is 7.11 Å². The third-order valence-corrected chi connectivity index (χ3v) is 3.52. The average Bonchev–Trinajstić information content (AvgIpc) is 2.79. The normalized spacial score (nSPS) is 10.4. The Bertz CT molecular complexity index is 577. The number of aromatic nitrogens is 1. The van der Waals surface area contributed by atoms with Gasteiger partial charge < -0.3 is 14.6 Å². The molecule has 0 aliphatic carbocycles. The summed E-state index contributed by atoms with van der Waals surface area (Å²) in [7, 11) is 1.55. The van der Waals surface area contributed by atoms with Crippen LogP contribution in [0.15, 0.2) is 24.3 Å². The van der Waals surface area contributed by atoms with Gasteiger partial charge in [0.05, 0.1) is 10.6 Å². The van der Waals surface area contributed by atoms with E-state index in [0.717, 1.165) is 5.56 Å². The summed E-state index contributed by atoms with van der Waals surface area (Å²) in [5.74, 6) is -0.287. The number of carboxylic acid groups (broad SMARTS) is 1. The molecule has 0 saturated carbocycles. The molecule has 1 N–H and O–H groups in total. The maximum Gasteiger partial charge on any atom is 0.339 e. The minimum absolute atomic E-state index is 0.180. The van der Waals surface area contributed by atoms with E-state index in [1.165, 1.54) is 11.5 Å². The second-order valence-corrected chi connectivity index (χ2v) is 4.63. The van der Waals surface area contributed by atoms with Crippen molar-refractivity contribution < 1.29 is 19.4 Å². The van der Waals surface area contributed by atoms with E-state index in [-0.39, 0.29) is 12.4 Å². The summed E-state index contributed by atoms with van der Waals surface area (Å²) in [4.78, 5) is 11.9. The maximum atomic E-state index is 11.2. The highest BCUT2D eigenvalue weighted by molar-refractivity contribution is 7.10. The second-order valence-electron chi connectivity index (χ2n) is 3.85. The van der Waals surface area contributed by atoms with Crippen LogP contribution in [0.3, 0.4) is 0 Å². The highest BCUT2D eigenvalue weighted by Gasteiger charge is 2.18. The number of carboxylic acids is 1. The van der Waals surface area contributed by atoms with E-state index in [1.807, 2.05) is 12.1 Å². The van der Waals surface area contributed by atoms with Gasteiger partial charge in [-0.3, -0.25) is 0 Å². The zero-order valence-corrected chi connectivity index (χ0v) is 11.4. The molecule has 0 spiro atoms. The Balaban J connectivity index is 2.30. The molecule has 0 aliphatic heterocycles. The van der Waals surface area contributed by atoms with Gasteiger partial charge in [0.15, 0.2) is 6.79 Å². The van der Waals surface area contributed by atoms with Crippen LogP contribution in [0.4, 0.5) is 0 Å². The molecule has 2 rings (SSSR count). The lowest BCUT2D eigenvalue weighted by atomic mass is 10.1. The third-order valence-electron chi connectivity index (χ3n) is 2.54. The van der Waals surface area contributed by atoms with Gasteiger partial charge in [-0.2, -0.15) is 4.37 Å². The molecule has 5 nitrogen and oxygen atoms in total. The first-order valence-corrected chi connectivity index (χ1v) is 6.32. The molecule has 19 heavy (non-hydrogen) atoms. The van der Waals surface area contributed by atoms with Crippen LogP contribution >= 0.6 is 11.5 Å². The largest absolute Gasteiger partial charge is 0.478 e. The average molecular weight is 279 g/mol. The summed E-state index contributed by atoms with van der Waals surface area (Å²) in [5, 5.41) is 9.19. The number of aryl methyl sites for hydroxylation is 1. The molecular formula is C13H13NO4S. The number of hydrogen-bond acceptors (Lipinski definition) is 5. The van der Waals surface area contributed by atoms with Gasteiger partial charge in [0.25, 0.3) is 0 Å². The number of rotatable bonds is 5. The number of benzene rings is 1. The minimum atomic E-state index is -0.957. The monoisotopic (exact) mass is 279 g/mol. The fourth-order valence-corrected chi connectivity index (χ4v) is 2.54. The second kappa shape index (κ2) is 5.81. The van der Waals surface area contributed by atoms with Crippen LogP contribution in [-0.2, 0) is 4.74 Å². The van der Waals surface area contributed by atoms with Crippen molar-refractivity contribution in [3.05, 3.63) is 35.5 Å². The summed E-state index contributed by atoms with van der Waals surface area (Å²) in [6, 6.07) is 7.17. The van der Waals surface area contributed by atoms with Crippen LogP contribution in [0.5, 0.6) is 5.75 Å². The molecule has 1 heterocycles. The van der Waals surface area contributed by atoms with Crippen molar-refractivity contribution in [1.29, 1.82) is 0 Å². The highest BCUT2D eigenvalue weighted by Crippen LogP contribution is 2.31. The first kappa shape index (κ1) is 13.5. The lowest BCUT2D eigenvalue weighted by Crippen LogP contribution is -1.99. The lowest BCUT2D eigenvalue weighted by molar-refractivity contribution is 0.0511. The fourth-order valence-electron chi connectivity index (χ4n) is 1.65. The van der Waals surface area contributed by atoms with Crippen LogP contribution in [0.25, 0.3) is 10.4 Å². The molecule has 0 aliphatic rings. The molecule has 0 unspecified atom stereocenters. The number of carbonyl (C=O) groups is 1. The number of ether oxygens (including phenoxy) is 2. The zero-order valence-electron chi connectivity index (χ0n) is 10.5. The number of aromatic carboxylic acids is 1. The Kier molecular flexibility index (Phi) is 4.13. The smallest absolute Gasteiger partial charge is 0.339 e. The van der Waals surface area contributed by atoms with Crippen molar-refractivity contribution in [2.75, 3.05) is 13.9 Å². The quantitative estimate of drug-likeness (QED) is 0.852. The van der Waals surface area contributed by atoms with E-state index in [2.05, 4.69) is 4.37 Å². The summed E-state index contributed by atoms with van der Waals surface area (Å²) in [5.41, 5.74) is 1.61. The summed E-state index contributed by atoms with van der Waals surface area (Å²) < 4.78 is 14.2. The number of hydrogen-bond donors (Lipinski definition) is 1. The lowest BCUT2D eigenvalue weighted by Gasteiger charge is -2.05. The van der Waals surface area contributed by atoms with E-state index < -0.39 is 5.97 Å². The molecule has 0 bridgehead atoms. The van der Waals surface area contributed by atoms with E-state index in [0.29, 0.717) is 16.3 Å². The molecule has 2 aromatic rings. The summed E-state index contributed by atoms with van der Waals surface area (Å²) in [6.07, 6.45) is 0. The Hall–Kier alpha value is -1.92. The molecule has 1 aromatic heterocycles. The Morgan fingerprint density at radius 2 is 2.05 bits per heavy atom. The maximum absolute atomic E-state index is 11.2. The van der Waals surface area contributed by atoms with Crippen LogP contribution in [-0.4, -0.2) is 29.4 Å². The van der Waals surface area contributed by atoms with Crippen molar-refractivity contribution in [3.63, 3.8) is 0 Å². The topological polar surface area (TPSA) is 68.7 Å². The number of methoxy groups -OCH3 is 1. The molecule has 0 amide bonds. The van der Waals surface area contributed by atoms with Gasteiger partial charge in [-0.15, -0.1) is 0 Å². The van der Waals surface area contributed by atoms with Crippen molar-refractivity contribution in [3.8, 4) is 16.2 Å². The van der Waals surface area contributed by atoms with Gasteiger partial charge in [-0.1, -0.05) is 0 Å². The zero-order chi connectivity index (χ0) is 13.8. The van der Waals surface area contributed by atoms with Gasteiger partial charge in [-0.05, 0) is 48.3 Å². The Labute approximate surface area is 114 Å². The molecular weight excluding hydrogens is 266 g/mol. The predicted molar refractivity (Wildman–Crippen MR) is 71.8 cm³/mol. The molecule has 100 valence electrons. The van der Waals surface area contributed by atoms with Crippen LogP contribution < -0.4 is 4.74 Å². The summed E-state index contributed by atoms with van der Waals surface area (Å²) in [6.45, 7) is 1.87. The molecule has 0 saturated heterocycles. The van der Waals surface area contributed by atoms with E-state index in [9.17, 15) is 9.90 Å². The van der Waals surface area contributed by atoms with Gasteiger partial charge in [0.1, 0.15) is 11.3 Å². The van der Waals surface area contributed by atoms with E-state index >= 15 is 0 Å². The SMILES string of the molecule is COCOc1ccc(-c2snc(C)c2C(=O)O)cc1. The van der Waals surface area contributed by atoms with Crippen LogP contribution in [0.2, 0.25) is 0 Å². The minimum Gasteiger partial charge on any atom is -0.478 e.